The van der Waals surface area contributed by atoms with Crippen molar-refractivity contribution in [2.75, 3.05) is 16.8 Å². The molecule has 0 bridgehead atoms. The largest absolute Gasteiger partial charge is 0.480 e. The van der Waals surface area contributed by atoms with Gasteiger partial charge in [-0.3, -0.25) is 9.59 Å². The molecule has 1 unspecified atom stereocenters. The highest BCUT2D eigenvalue weighted by atomic mass is 16.5. The van der Waals surface area contributed by atoms with Crippen LogP contribution >= 0.6 is 0 Å². The van der Waals surface area contributed by atoms with Crippen LogP contribution in [0.15, 0.2) is 78.9 Å². The molecule has 3 rings (SSSR count). The number of ether oxygens (including phenoxy) is 1. The quantitative estimate of drug-likeness (QED) is 0.531. The number of anilines is 2. The minimum atomic E-state index is -0.628. The summed E-state index contributed by atoms with van der Waals surface area (Å²) >= 11 is 0. The van der Waals surface area contributed by atoms with Crippen LogP contribution in [0.3, 0.4) is 0 Å². The first-order valence-electron chi connectivity index (χ1n) is 10.5. The second-order valence-electron chi connectivity index (χ2n) is 7.24. The van der Waals surface area contributed by atoms with Crippen LogP contribution in [0, 0.1) is 6.92 Å². The summed E-state index contributed by atoms with van der Waals surface area (Å²) in [6, 6.07) is 24.1. The number of carbonyl (C=O) groups is 2. The number of hydrogen-bond donors (Lipinski definition) is 1. The van der Waals surface area contributed by atoms with Crippen molar-refractivity contribution in [2.45, 2.75) is 33.3 Å². The van der Waals surface area contributed by atoms with E-state index in [1.165, 1.54) is 0 Å². The summed E-state index contributed by atoms with van der Waals surface area (Å²) in [6.07, 6.45) is -0.104. The third-order valence-electron chi connectivity index (χ3n) is 5.03. The van der Waals surface area contributed by atoms with Gasteiger partial charge in [-0.05, 0) is 62.2 Å². The molecule has 0 aromatic heterocycles. The molecule has 0 saturated carbocycles. The fraction of sp³-hybridized carbons (Fsp3) is 0.231. The van der Waals surface area contributed by atoms with E-state index in [9.17, 15) is 9.59 Å². The highest BCUT2D eigenvalue weighted by molar-refractivity contribution is 6.07. The molecule has 5 heteroatoms. The Kier molecular flexibility index (Phi) is 7.44. The van der Waals surface area contributed by atoms with Gasteiger partial charge in [0.1, 0.15) is 5.75 Å². The van der Waals surface area contributed by atoms with Crippen LogP contribution in [0.2, 0.25) is 0 Å². The van der Waals surface area contributed by atoms with E-state index in [-0.39, 0.29) is 11.8 Å². The molecule has 3 aromatic carbocycles. The molecule has 0 aliphatic heterocycles. The molecule has 3 aromatic rings. The number of amides is 2. The normalized spacial score (nSPS) is 11.5. The van der Waals surface area contributed by atoms with Crippen molar-refractivity contribution in [1.29, 1.82) is 0 Å². The van der Waals surface area contributed by atoms with E-state index in [0.29, 0.717) is 30.0 Å². The second kappa shape index (κ2) is 10.4. The maximum atomic E-state index is 13.1. The lowest BCUT2D eigenvalue weighted by Gasteiger charge is -2.22. The molecule has 160 valence electrons. The number of nitrogens with one attached hydrogen (secondary N) is 1. The molecule has 0 aliphatic rings. The summed E-state index contributed by atoms with van der Waals surface area (Å²) in [7, 11) is 0. The van der Waals surface area contributed by atoms with Gasteiger partial charge in [-0.15, -0.1) is 0 Å². The van der Waals surface area contributed by atoms with E-state index >= 15 is 0 Å². The van der Waals surface area contributed by atoms with Crippen molar-refractivity contribution < 1.29 is 14.3 Å². The lowest BCUT2D eigenvalue weighted by Crippen LogP contribution is -2.33. The van der Waals surface area contributed by atoms with Crippen LogP contribution in [0.1, 0.15) is 36.2 Å². The van der Waals surface area contributed by atoms with Gasteiger partial charge in [-0.25, -0.2) is 0 Å². The van der Waals surface area contributed by atoms with Gasteiger partial charge in [0.05, 0.1) is 0 Å². The SMILES string of the molecule is CCC(Oc1ccccc1C)C(=O)Nc1cccc(C(=O)N(CC)c2ccccc2)c1. The fourth-order valence-electron chi connectivity index (χ4n) is 3.32. The van der Waals surface area contributed by atoms with Crippen molar-refractivity contribution in [3.8, 4) is 5.75 Å². The first-order valence-corrected chi connectivity index (χ1v) is 10.5. The Morgan fingerprint density at radius 1 is 0.935 bits per heavy atom. The van der Waals surface area contributed by atoms with Gasteiger partial charge >= 0.3 is 0 Å². The van der Waals surface area contributed by atoms with E-state index in [4.69, 9.17) is 4.74 Å². The lowest BCUT2D eigenvalue weighted by atomic mass is 10.1. The minimum absolute atomic E-state index is 0.118. The molecule has 0 spiro atoms. The van der Waals surface area contributed by atoms with Gasteiger partial charge in [-0.1, -0.05) is 49.4 Å². The molecule has 1 N–H and O–H groups in total. The van der Waals surface area contributed by atoms with Crippen LogP contribution in [-0.2, 0) is 4.79 Å². The summed E-state index contributed by atoms with van der Waals surface area (Å²) in [5, 5.41) is 2.89. The Balaban J connectivity index is 1.74. The van der Waals surface area contributed by atoms with Crippen LogP contribution in [0.5, 0.6) is 5.75 Å². The van der Waals surface area contributed by atoms with Crippen LogP contribution in [-0.4, -0.2) is 24.5 Å². The molecule has 5 nitrogen and oxygen atoms in total. The molecular formula is C26H28N2O3. The molecular weight excluding hydrogens is 388 g/mol. The Bertz CT molecular complexity index is 1030. The zero-order chi connectivity index (χ0) is 22.2. The number of para-hydroxylation sites is 2. The Hall–Kier alpha value is -3.60. The number of hydrogen-bond acceptors (Lipinski definition) is 3. The van der Waals surface area contributed by atoms with Gasteiger partial charge in [0.15, 0.2) is 6.10 Å². The van der Waals surface area contributed by atoms with Crippen molar-refractivity contribution in [3.63, 3.8) is 0 Å². The van der Waals surface area contributed by atoms with Crippen LogP contribution in [0.25, 0.3) is 0 Å². The van der Waals surface area contributed by atoms with E-state index in [2.05, 4.69) is 5.32 Å². The average molecular weight is 417 g/mol. The third kappa shape index (κ3) is 5.51. The molecule has 0 fully saturated rings. The first kappa shape index (κ1) is 22.1. The second-order valence-corrected chi connectivity index (χ2v) is 7.24. The third-order valence-corrected chi connectivity index (χ3v) is 5.03. The Labute approximate surface area is 183 Å². The van der Waals surface area contributed by atoms with E-state index in [0.717, 1.165) is 11.3 Å². The maximum absolute atomic E-state index is 13.1. The molecule has 1 atom stereocenters. The summed E-state index contributed by atoms with van der Waals surface area (Å²) < 4.78 is 5.93. The van der Waals surface area contributed by atoms with Gasteiger partial charge in [0.25, 0.3) is 11.8 Å². The summed E-state index contributed by atoms with van der Waals surface area (Å²) in [5.74, 6) is 0.327. The summed E-state index contributed by atoms with van der Waals surface area (Å²) in [4.78, 5) is 27.6. The molecule has 0 aliphatic carbocycles. The predicted octanol–water partition coefficient (Wildman–Crippen LogP) is 5.46. The Morgan fingerprint density at radius 2 is 1.65 bits per heavy atom. The first-order chi connectivity index (χ1) is 15.0. The average Bonchev–Trinajstić information content (AvgIpc) is 2.79. The number of carbonyl (C=O) groups excluding carboxylic acids is 2. The van der Waals surface area contributed by atoms with Gasteiger partial charge in [0, 0.05) is 23.5 Å². The zero-order valence-electron chi connectivity index (χ0n) is 18.2. The van der Waals surface area contributed by atoms with E-state index < -0.39 is 6.10 Å². The lowest BCUT2D eigenvalue weighted by molar-refractivity contribution is -0.122. The molecule has 0 heterocycles. The topological polar surface area (TPSA) is 58.6 Å². The number of aryl methyl sites for hydroxylation is 1. The van der Waals surface area contributed by atoms with E-state index in [1.54, 1.807) is 29.2 Å². The zero-order valence-corrected chi connectivity index (χ0v) is 18.2. The molecule has 31 heavy (non-hydrogen) atoms. The van der Waals surface area contributed by atoms with Crippen molar-refractivity contribution in [3.05, 3.63) is 90.0 Å². The molecule has 2 amide bonds. The summed E-state index contributed by atoms with van der Waals surface area (Å²) in [6.45, 7) is 6.33. The fourth-order valence-corrected chi connectivity index (χ4v) is 3.32. The van der Waals surface area contributed by atoms with Crippen molar-refractivity contribution in [2.24, 2.45) is 0 Å². The highest BCUT2D eigenvalue weighted by Gasteiger charge is 2.21. The number of benzene rings is 3. The molecule has 0 saturated heterocycles. The van der Waals surface area contributed by atoms with Crippen LogP contribution < -0.4 is 15.0 Å². The smallest absolute Gasteiger partial charge is 0.265 e. The summed E-state index contributed by atoms with van der Waals surface area (Å²) in [5.41, 5.74) is 2.88. The maximum Gasteiger partial charge on any atom is 0.265 e. The number of rotatable bonds is 8. The van der Waals surface area contributed by atoms with Gasteiger partial charge in [0.2, 0.25) is 0 Å². The minimum Gasteiger partial charge on any atom is -0.480 e. The Morgan fingerprint density at radius 3 is 2.32 bits per heavy atom. The van der Waals surface area contributed by atoms with Gasteiger partial charge in [-0.2, -0.15) is 0 Å². The highest BCUT2D eigenvalue weighted by Crippen LogP contribution is 2.21. The monoisotopic (exact) mass is 416 g/mol. The van der Waals surface area contributed by atoms with Gasteiger partial charge < -0.3 is 15.0 Å². The van der Waals surface area contributed by atoms with Crippen LogP contribution in [0.4, 0.5) is 11.4 Å². The van der Waals surface area contributed by atoms with Crippen molar-refractivity contribution in [1.82, 2.24) is 0 Å². The van der Waals surface area contributed by atoms with Crippen molar-refractivity contribution >= 4 is 23.2 Å². The predicted molar refractivity (Wildman–Crippen MR) is 125 cm³/mol. The van der Waals surface area contributed by atoms with E-state index in [1.807, 2.05) is 75.4 Å². The standard InChI is InChI=1S/C26H28N2O3/c1-4-23(31-24-17-10-9-12-19(24)3)25(29)27-21-14-11-13-20(18-21)26(30)28(5-2)22-15-7-6-8-16-22/h6-18,23H,4-5H2,1-3H3,(H,27,29). The number of nitrogens with zero attached hydrogens (tertiary/aromatic N) is 1. The molecule has 0 radical (unpaired) electrons.